The predicted molar refractivity (Wildman–Crippen MR) is 105 cm³/mol. The van der Waals surface area contributed by atoms with Crippen molar-refractivity contribution >= 4 is 29.4 Å². The highest BCUT2D eigenvalue weighted by Crippen LogP contribution is 2.56. The number of anilines is 1. The second-order valence-electron chi connectivity index (χ2n) is 8.31. The Bertz CT molecular complexity index is 821. The van der Waals surface area contributed by atoms with Crippen molar-refractivity contribution in [2.45, 2.75) is 45.6 Å². The van der Waals surface area contributed by atoms with E-state index in [4.69, 9.17) is 4.74 Å². The maximum Gasteiger partial charge on any atom is 0.329 e. The van der Waals surface area contributed by atoms with Crippen molar-refractivity contribution in [3.05, 3.63) is 29.8 Å². The summed E-state index contributed by atoms with van der Waals surface area (Å²) in [6, 6.07) is 6.39. The summed E-state index contributed by atoms with van der Waals surface area (Å²) in [6.45, 7) is 3.07. The number of carbonyl (C=O) groups is 4. The van der Waals surface area contributed by atoms with Gasteiger partial charge in [-0.05, 0) is 62.1 Å². The Morgan fingerprint density at radius 2 is 1.69 bits per heavy atom. The van der Waals surface area contributed by atoms with Gasteiger partial charge in [0.25, 0.3) is 5.91 Å². The zero-order valence-corrected chi connectivity index (χ0v) is 16.7. The van der Waals surface area contributed by atoms with Gasteiger partial charge in [0.2, 0.25) is 11.8 Å². The molecule has 3 aliphatic rings. The molecule has 0 spiro atoms. The standard InChI is InChI=1S/C22H26N2O5/c1-3-13-4-8-16(9-5-13)23-17(25)11-29-22(28)12(2)24-20(26)18-14-6-7-15(10-14)19(18)21(24)27/h4-5,8-9,12,14-15,18-19H,3,6-7,10-11H2,1-2H3,(H,23,25)/t12-,14-,15+,18+,19+/m1/s1. The average molecular weight is 398 g/mol. The first kappa shape index (κ1) is 19.6. The fourth-order valence-corrected chi connectivity index (χ4v) is 5.20. The van der Waals surface area contributed by atoms with E-state index in [0.29, 0.717) is 5.69 Å². The molecule has 1 N–H and O–H groups in total. The molecule has 154 valence electrons. The first-order valence-corrected chi connectivity index (χ1v) is 10.3. The molecule has 4 rings (SSSR count). The summed E-state index contributed by atoms with van der Waals surface area (Å²) in [5, 5.41) is 2.66. The van der Waals surface area contributed by atoms with Crippen LogP contribution >= 0.6 is 0 Å². The highest BCUT2D eigenvalue weighted by Gasteiger charge is 2.62. The van der Waals surface area contributed by atoms with Crippen molar-refractivity contribution in [3.63, 3.8) is 0 Å². The van der Waals surface area contributed by atoms with Crippen LogP contribution in [0.1, 0.15) is 38.7 Å². The zero-order chi connectivity index (χ0) is 20.7. The lowest BCUT2D eigenvalue weighted by Crippen LogP contribution is -2.45. The number of benzene rings is 1. The monoisotopic (exact) mass is 398 g/mol. The van der Waals surface area contributed by atoms with Crippen molar-refractivity contribution in [1.29, 1.82) is 0 Å². The fraction of sp³-hybridized carbons (Fsp3) is 0.545. The Morgan fingerprint density at radius 3 is 2.24 bits per heavy atom. The minimum absolute atomic E-state index is 0.253. The van der Waals surface area contributed by atoms with Gasteiger partial charge in [0.05, 0.1) is 11.8 Å². The molecule has 3 amide bonds. The molecule has 29 heavy (non-hydrogen) atoms. The molecule has 1 aliphatic heterocycles. The number of ether oxygens (including phenoxy) is 1. The number of esters is 1. The van der Waals surface area contributed by atoms with E-state index in [1.807, 2.05) is 19.1 Å². The molecule has 0 unspecified atom stereocenters. The van der Waals surface area contributed by atoms with Crippen molar-refractivity contribution in [2.24, 2.45) is 23.7 Å². The van der Waals surface area contributed by atoms with Crippen LogP contribution in [-0.2, 0) is 30.3 Å². The van der Waals surface area contributed by atoms with Crippen LogP contribution in [0.25, 0.3) is 0 Å². The number of nitrogens with zero attached hydrogens (tertiary/aromatic N) is 1. The average Bonchev–Trinajstić information content (AvgIpc) is 3.40. The number of amides is 3. The zero-order valence-electron chi connectivity index (χ0n) is 16.7. The molecule has 1 aromatic carbocycles. The summed E-state index contributed by atoms with van der Waals surface area (Å²) >= 11 is 0. The van der Waals surface area contributed by atoms with Crippen LogP contribution in [0.3, 0.4) is 0 Å². The number of rotatable bonds is 6. The first-order chi connectivity index (χ1) is 13.9. The van der Waals surface area contributed by atoms with Gasteiger partial charge in [-0.1, -0.05) is 19.1 Å². The maximum absolute atomic E-state index is 12.8. The minimum Gasteiger partial charge on any atom is -0.454 e. The lowest BCUT2D eigenvalue weighted by molar-refractivity contribution is -0.159. The third-order valence-corrected chi connectivity index (χ3v) is 6.68. The topological polar surface area (TPSA) is 92.8 Å². The van der Waals surface area contributed by atoms with E-state index in [2.05, 4.69) is 5.32 Å². The third kappa shape index (κ3) is 3.43. The van der Waals surface area contributed by atoms with Crippen molar-refractivity contribution < 1.29 is 23.9 Å². The van der Waals surface area contributed by atoms with Gasteiger partial charge in [0.1, 0.15) is 6.04 Å². The smallest absolute Gasteiger partial charge is 0.329 e. The van der Waals surface area contributed by atoms with Gasteiger partial charge < -0.3 is 10.1 Å². The molecule has 0 radical (unpaired) electrons. The number of imide groups is 1. The van der Waals surface area contributed by atoms with Crippen molar-refractivity contribution in [2.75, 3.05) is 11.9 Å². The number of hydrogen-bond donors (Lipinski definition) is 1. The second-order valence-corrected chi connectivity index (χ2v) is 8.31. The molecule has 7 nitrogen and oxygen atoms in total. The number of carbonyl (C=O) groups excluding carboxylic acids is 4. The quantitative estimate of drug-likeness (QED) is 0.585. The van der Waals surface area contributed by atoms with E-state index in [9.17, 15) is 19.2 Å². The van der Waals surface area contributed by atoms with Gasteiger partial charge >= 0.3 is 5.97 Å². The number of fused-ring (bicyclic) bond motifs is 5. The number of likely N-dealkylation sites (tertiary alicyclic amines) is 1. The molecule has 3 fully saturated rings. The van der Waals surface area contributed by atoms with Crippen molar-refractivity contribution in [3.8, 4) is 0 Å². The van der Waals surface area contributed by atoms with Gasteiger partial charge in [0, 0.05) is 5.69 Å². The summed E-state index contributed by atoms with van der Waals surface area (Å²) < 4.78 is 5.09. The van der Waals surface area contributed by atoms with E-state index in [1.165, 1.54) is 6.92 Å². The summed E-state index contributed by atoms with van der Waals surface area (Å²) in [6.07, 6.45) is 3.81. The highest BCUT2D eigenvalue weighted by molar-refractivity contribution is 6.08. The molecular weight excluding hydrogens is 372 g/mol. The number of aryl methyl sites for hydroxylation is 1. The molecule has 2 bridgehead atoms. The molecular formula is C22H26N2O5. The van der Waals surface area contributed by atoms with Crippen LogP contribution in [-0.4, -0.2) is 41.2 Å². The number of hydrogen-bond acceptors (Lipinski definition) is 5. The number of nitrogens with one attached hydrogen (secondary N) is 1. The van der Waals surface area contributed by atoms with Gasteiger partial charge in [0.15, 0.2) is 6.61 Å². The molecule has 0 aromatic heterocycles. The van der Waals surface area contributed by atoms with Crippen LogP contribution in [0.4, 0.5) is 5.69 Å². The van der Waals surface area contributed by atoms with Crippen molar-refractivity contribution in [1.82, 2.24) is 4.90 Å². The minimum atomic E-state index is -1.02. The second kappa shape index (κ2) is 7.61. The molecule has 2 saturated carbocycles. The molecule has 2 aliphatic carbocycles. The normalized spacial score (nSPS) is 28.4. The highest BCUT2D eigenvalue weighted by atomic mass is 16.5. The Labute approximate surface area is 169 Å². The van der Waals surface area contributed by atoms with E-state index in [0.717, 1.165) is 36.1 Å². The van der Waals surface area contributed by atoms with Crippen LogP contribution in [0.15, 0.2) is 24.3 Å². The van der Waals surface area contributed by atoms with E-state index >= 15 is 0 Å². The van der Waals surface area contributed by atoms with Gasteiger partial charge in [-0.15, -0.1) is 0 Å². The first-order valence-electron chi connectivity index (χ1n) is 10.3. The molecule has 7 heteroatoms. The lowest BCUT2D eigenvalue weighted by Gasteiger charge is -2.23. The summed E-state index contributed by atoms with van der Waals surface area (Å²) in [4.78, 5) is 51.1. The SMILES string of the molecule is CCc1ccc(NC(=O)COC(=O)[C@@H](C)N2C(=O)[C@H]3[C@@H]4CC[C@@H](C4)[C@@H]3C2=O)cc1. The molecule has 1 saturated heterocycles. The summed E-state index contributed by atoms with van der Waals surface area (Å²) in [5.41, 5.74) is 1.77. The third-order valence-electron chi connectivity index (χ3n) is 6.68. The van der Waals surface area contributed by atoms with Gasteiger partial charge in [-0.2, -0.15) is 0 Å². The van der Waals surface area contributed by atoms with Crippen LogP contribution < -0.4 is 5.32 Å². The van der Waals surface area contributed by atoms with Crippen LogP contribution in [0.2, 0.25) is 0 Å². The Hall–Kier alpha value is -2.70. The van der Waals surface area contributed by atoms with E-state index < -0.39 is 24.5 Å². The van der Waals surface area contributed by atoms with Gasteiger partial charge in [-0.25, -0.2) is 4.79 Å². The Balaban J connectivity index is 1.32. The van der Waals surface area contributed by atoms with Crippen LogP contribution in [0.5, 0.6) is 0 Å². The molecule has 5 atom stereocenters. The van der Waals surface area contributed by atoms with Crippen LogP contribution in [0, 0.1) is 23.7 Å². The summed E-state index contributed by atoms with van der Waals surface area (Å²) in [7, 11) is 0. The maximum atomic E-state index is 12.8. The predicted octanol–water partition coefficient (Wildman–Crippen LogP) is 2.15. The van der Waals surface area contributed by atoms with E-state index in [-0.39, 0.29) is 35.5 Å². The lowest BCUT2D eigenvalue weighted by atomic mass is 9.81. The fourth-order valence-electron chi connectivity index (χ4n) is 5.20. The Kier molecular flexibility index (Phi) is 5.15. The largest absolute Gasteiger partial charge is 0.454 e. The van der Waals surface area contributed by atoms with E-state index in [1.54, 1.807) is 12.1 Å². The van der Waals surface area contributed by atoms with Gasteiger partial charge in [-0.3, -0.25) is 19.3 Å². The Morgan fingerprint density at radius 1 is 1.10 bits per heavy atom. The summed E-state index contributed by atoms with van der Waals surface area (Å²) in [5.74, 6) is -1.73. The molecule has 1 aromatic rings. The molecule has 1 heterocycles.